The van der Waals surface area contributed by atoms with Crippen molar-refractivity contribution in [2.24, 2.45) is 5.73 Å². The van der Waals surface area contributed by atoms with E-state index in [9.17, 15) is 4.79 Å². The molecule has 0 saturated carbocycles. The van der Waals surface area contributed by atoms with Crippen LogP contribution in [0.5, 0.6) is 0 Å². The Labute approximate surface area is 94.9 Å². The molecule has 86 valence electrons. The van der Waals surface area contributed by atoms with Gasteiger partial charge >= 0.3 is 0 Å². The minimum absolute atomic E-state index is 0.317. The molecule has 1 saturated heterocycles. The van der Waals surface area contributed by atoms with E-state index < -0.39 is 5.91 Å². The van der Waals surface area contributed by atoms with Crippen LogP contribution in [0.3, 0.4) is 0 Å². The molecule has 0 spiro atoms. The maximum atomic E-state index is 10.9. The van der Waals surface area contributed by atoms with Crippen LogP contribution in [0.4, 0.5) is 5.69 Å². The number of carbonyl (C=O) groups is 1. The number of hydrogen-bond acceptors (Lipinski definition) is 4. The predicted molar refractivity (Wildman–Crippen MR) is 62.5 cm³/mol. The Hall–Kier alpha value is -1.62. The Morgan fingerprint density at radius 1 is 1.31 bits per heavy atom. The first-order valence-electron chi connectivity index (χ1n) is 5.36. The number of aromatic nitrogens is 1. The molecule has 1 amide bonds. The van der Waals surface area contributed by atoms with E-state index in [0.717, 1.165) is 31.9 Å². The van der Waals surface area contributed by atoms with E-state index in [2.05, 4.69) is 21.8 Å². The van der Waals surface area contributed by atoms with E-state index in [4.69, 9.17) is 5.73 Å². The molecular weight excluding hydrogens is 204 g/mol. The van der Waals surface area contributed by atoms with Gasteiger partial charge < -0.3 is 15.5 Å². The van der Waals surface area contributed by atoms with E-state index in [1.54, 1.807) is 12.3 Å². The van der Waals surface area contributed by atoms with Gasteiger partial charge in [0.2, 0.25) is 0 Å². The second-order valence-electron chi connectivity index (χ2n) is 4.06. The van der Waals surface area contributed by atoms with Crippen molar-refractivity contribution in [2.75, 3.05) is 38.1 Å². The van der Waals surface area contributed by atoms with Gasteiger partial charge in [0.15, 0.2) is 0 Å². The average molecular weight is 220 g/mol. The van der Waals surface area contributed by atoms with Crippen LogP contribution < -0.4 is 10.6 Å². The summed E-state index contributed by atoms with van der Waals surface area (Å²) in [6, 6.07) is 3.58. The molecule has 2 rings (SSSR count). The molecule has 1 aliphatic heterocycles. The Morgan fingerprint density at radius 2 is 2.00 bits per heavy atom. The molecule has 16 heavy (non-hydrogen) atoms. The van der Waals surface area contributed by atoms with E-state index in [1.807, 2.05) is 6.07 Å². The predicted octanol–water partition coefficient (Wildman–Crippen LogP) is -0.0677. The number of pyridine rings is 1. The summed E-state index contributed by atoms with van der Waals surface area (Å²) < 4.78 is 0. The van der Waals surface area contributed by atoms with Crippen LogP contribution in [0.2, 0.25) is 0 Å². The standard InChI is InChI=1S/C11H16N4O/c1-14-4-6-15(7-5-14)9-2-3-10(11(12)16)13-8-9/h2-3,8H,4-7H2,1H3,(H2,12,16). The minimum atomic E-state index is -0.482. The fourth-order valence-corrected chi connectivity index (χ4v) is 1.78. The van der Waals surface area contributed by atoms with E-state index >= 15 is 0 Å². The molecule has 5 heteroatoms. The van der Waals surface area contributed by atoms with Crippen LogP contribution in [0.1, 0.15) is 10.5 Å². The molecule has 2 N–H and O–H groups in total. The number of piperazine rings is 1. The van der Waals surface area contributed by atoms with Crippen molar-refractivity contribution >= 4 is 11.6 Å². The Morgan fingerprint density at radius 3 is 2.50 bits per heavy atom. The molecule has 1 aromatic heterocycles. The summed E-state index contributed by atoms with van der Waals surface area (Å²) >= 11 is 0. The first-order valence-corrected chi connectivity index (χ1v) is 5.36. The largest absolute Gasteiger partial charge is 0.368 e. The summed E-state index contributed by atoms with van der Waals surface area (Å²) in [6.45, 7) is 4.09. The van der Waals surface area contributed by atoms with Gasteiger partial charge in [-0.05, 0) is 19.2 Å². The lowest BCUT2D eigenvalue weighted by Gasteiger charge is -2.33. The second kappa shape index (κ2) is 4.49. The van der Waals surface area contributed by atoms with Gasteiger partial charge in [-0.25, -0.2) is 4.98 Å². The first kappa shape index (κ1) is 10.9. The molecular formula is C11H16N4O. The van der Waals surface area contributed by atoms with E-state index in [1.165, 1.54) is 0 Å². The molecule has 0 aliphatic carbocycles. The number of primary amides is 1. The number of carbonyl (C=O) groups excluding carboxylic acids is 1. The SMILES string of the molecule is CN1CCN(c2ccc(C(N)=O)nc2)CC1. The van der Waals surface area contributed by atoms with Crippen molar-refractivity contribution in [1.29, 1.82) is 0 Å². The quantitative estimate of drug-likeness (QED) is 0.758. The lowest BCUT2D eigenvalue weighted by Crippen LogP contribution is -2.44. The normalized spacial score (nSPS) is 17.4. The summed E-state index contributed by atoms with van der Waals surface area (Å²) in [6.07, 6.45) is 1.71. The van der Waals surface area contributed by atoms with Crippen molar-refractivity contribution in [3.05, 3.63) is 24.0 Å². The molecule has 0 aromatic carbocycles. The highest BCUT2D eigenvalue weighted by molar-refractivity contribution is 5.90. The number of nitrogens with zero attached hydrogens (tertiary/aromatic N) is 3. The molecule has 0 unspecified atom stereocenters. The minimum Gasteiger partial charge on any atom is -0.368 e. The Balaban J connectivity index is 2.07. The van der Waals surface area contributed by atoms with Gasteiger partial charge in [-0.2, -0.15) is 0 Å². The Bertz CT molecular complexity index is 368. The molecule has 1 aliphatic rings. The van der Waals surface area contributed by atoms with Crippen LogP contribution in [0.25, 0.3) is 0 Å². The summed E-state index contributed by atoms with van der Waals surface area (Å²) in [5.41, 5.74) is 6.51. The molecule has 0 atom stereocenters. The van der Waals surface area contributed by atoms with Crippen LogP contribution >= 0.6 is 0 Å². The van der Waals surface area contributed by atoms with Gasteiger partial charge in [0.25, 0.3) is 5.91 Å². The lowest BCUT2D eigenvalue weighted by molar-refractivity contribution is 0.0995. The zero-order valence-electron chi connectivity index (χ0n) is 9.39. The first-order chi connectivity index (χ1) is 7.66. The number of anilines is 1. The highest BCUT2D eigenvalue weighted by atomic mass is 16.1. The number of rotatable bonds is 2. The highest BCUT2D eigenvalue weighted by Gasteiger charge is 2.14. The van der Waals surface area contributed by atoms with Crippen molar-refractivity contribution in [1.82, 2.24) is 9.88 Å². The third-order valence-electron chi connectivity index (χ3n) is 2.87. The second-order valence-corrected chi connectivity index (χ2v) is 4.06. The molecule has 0 radical (unpaired) electrons. The van der Waals surface area contributed by atoms with E-state index in [0.29, 0.717) is 5.69 Å². The maximum absolute atomic E-state index is 10.9. The monoisotopic (exact) mass is 220 g/mol. The van der Waals surface area contributed by atoms with Crippen molar-refractivity contribution in [3.63, 3.8) is 0 Å². The topological polar surface area (TPSA) is 62.5 Å². The zero-order chi connectivity index (χ0) is 11.5. The number of likely N-dealkylation sites (N-methyl/N-ethyl adjacent to an activating group) is 1. The van der Waals surface area contributed by atoms with Crippen molar-refractivity contribution in [3.8, 4) is 0 Å². The van der Waals surface area contributed by atoms with Gasteiger partial charge in [0.05, 0.1) is 11.9 Å². The average Bonchev–Trinajstić information content (AvgIpc) is 2.30. The van der Waals surface area contributed by atoms with Crippen LogP contribution in [-0.2, 0) is 0 Å². The third kappa shape index (κ3) is 2.30. The summed E-state index contributed by atoms with van der Waals surface area (Å²) in [5.74, 6) is -0.482. The molecule has 1 aromatic rings. The van der Waals surface area contributed by atoms with E-state index in [-0.39, 0.29) is 0 Å². The molecule has 1 fully saturated rings. The summed E-state index contributed by atoms with van der Waals surface area (Å²) in [7, 11) is 2.12. The molecule has 5 nitrogen and oxygen atoms in total. The van der Waals surface area contributed by atoms with Gasteiger partial charge in [0.1, 0.15) is 5.69 Å². The zero-order valence-corrected chi connectivity index (χ0v) is 9.39. The number of hydrogen-bond donors (Lipinski definition) is 1. The summed E-state index contributed by atoms with van der Waals surface area (Å²) in [4.78, 5) is 19.5. The van der Waals surface area contributed by atoms with Crippen molar-refractivity contribution < 1.29 is 4.79 Å². The fourth-order valence-electron chi connectivity index (χ4n) is 1.78. The third-order valence-corrected chi connectivity index (χ3v) is 2.87. The molecule has 2 heterocycles. The van der Waals surface area contributed by atoms with Crippen molar-refractivity contribution in [2.45, 2.75) is 0 Å². The maximum Gasteiger partial charge on any atom is 0.267 e. The highest BCUT2D eigenvalue weighted by Crippen LogP contribution is 2.14. The van der Waals surface area contributed by atoms with Gasteiger partial charge in [0, 0.05) is 26.2 Å². The Kier molecular flexibility index (Phi) is 3.05. The lowest BCUT2D eigenvalue weighted by atomic mass is 10.2. The van der Waals surface area contributed by atoms with Crippen LogP contribution in [0.15, 0.2) is 18.3 Å². The smallest absolute Gasteiger partial charge is 0.267 e. The number of nitrogens with two attached hydrogens (primary N) is 1. The van der Waals surface area contributed by atoms with Gasteiger partial charge in [-0.15, -0.1) is 0 Å². The van der Waals surface area contributed by atoms with Crippen LogP contribution in [0, 0.1) is 0 Å². The summed E-state index contributed by atoms with van der Waals surface area (Å²) in [5, 5.41) is 0. The molecule has 0 bridgehead atoms. The van der Waals surface area contributed by atoms with Crippen LogP contribution in [-0.4, -0.2) is 49.0 Å². The fraction of sp³-hybridized carbons (Fsp3) is 0.455. The number of amides is 1. The van der Waals surface area contributed by atoms with Gasteiger partial charge in [-0.1, -0.05) is 0 Å². The van der Waals surface area contributed by atoms with Gasteiger partial charge in [-0.3, -0.25) is 4.79 Å².